The number of methoxy groups -OCH3 is 2. The highest BCUT2D eigenvalue weighted by molar-refractivity contribution is 5.85. The Bertz CT molecular complexity index is 395. The van der Waals surface area contributed by atoms with Gasteiger partial charge >= 0.3 is 0 Å². The van der Waals surface area contributed by atoms with Gasteiger partial charge in [-0.15, -0.1) is 0 Å². The predicted octanol–water partition coefficient (Wildman–Crippen LogP) is 4.09. The van der Waals surface area contributed by atoms with E-state index >= 15 is 0 Å². The van der Waals surface area contributed by atoms with Gasteiger partial charge in [-0.1, -0.05) is 38.5 Å². The van der Waals surface area contributed by atoms with Crippen LogP contribution in [-0.2, 0) is 9.47 Å². The summed E-state index contributed by atoms with van der Waals surface area (Å²) in [7, 11) is 3.06. The third kappa shape index (κ3) is 3.31. The molecule has 0 aromatic heterocycles. The van der Waals surface area contributed by atoms with Gasteiger partial charge in [-0.3, -0.25) is 10.8 Å². The highest BCUT2D eigenvalue weighted by Crippen LogP contribution is 2.38. The zero-order valence-electron chi connectivity index (χ0n) is 13.8. The Labute approximate surface area is 132 Å². The van der Waals surface area contributed by atoms with Gasteiger partial charge in [0.25, 0.3) is 0 Å². The molecule has 2 rings (SSSR count). The van der Waals surface area contributed by atoms with E-state index in [1.165, 1.54) is 27.1 Å². The van der Waals surface area contributed by atoms with Crippen LogP contribution in [0.15, 0.2) is 10.2 Å². The smallest absolute Gasteiger partial charge is 0.210 e. The molecule has 2 fully saturated rings. The summed E-state index contributed by atoms with van der Waals surface area (Å²) in [5.74, 6) is 0.400. The molecule has 22 heavy (non-hydrogen) atoms. The normalized spacial score (nSPS) is 23.9. The molecule has 6 nitrogen and oxygen atoms in total. The van der Waals surface area contributed by atoms with Crippen LogP contribution >= 0.6 is 0 Å². The first kappa shape index (κ1) is 16.9. The maximum absolute atomic E-state index is 8.15. The van der Waals surface area contributed by atoms with Crippen LogP contribution in [0.2, 0.25) is 0 Å². The summed E-state index contributed by atoms with van der Waals surface area (Å²) in [5.41, 5.74) is -1.27. The largest absolute Gasteiger partial charge is 0.483 e. The molecule has 2 saturated carbocycles. The molecule has 2 aliphatic rings. The van der Waals surface area contributed by atoms with E-state index in [0.717, 1.165) is 51.4 Å². The Balaban J connectivity index is 2.27. The Hall–Kier alpha value is -1.46. The molecule has 0 spiro atoms. The molecule has 6 heteroatoms. The number of hydrogen-bond donors (Lipinski definition) is 2. The standard InChI is InChI=1S/C16H28N4O2/c1-21-13(17)15(9-5-3-6-10-15)19-20-16(14(18)22-2)11-7-4-8-12-16/h17-18H,3-12H2,1-2H3. The first-order valence-electron chi connectivity index (χ1n) is 8.29. The summed E-state index contributed by atoms with van der Waals surface area (Å²) >= 11 is 0. The molecule has 0 aliphatic heterocycles. The second-order valence-corrected chi connectivity index (χ2v) is 6.45. The molecule has 124 valence electrons. The van der Waals surface area contributed by atoms with Crippen molar-refractivity contribution in [3.8, 4) is 0 Å². The lowest BCUT2D eigenvalue weighted by Gasteiger charge is -2.35. The van der Waals surface area contributed by atoms with Crippen molar-refractivity contribution in [2.24, 2.45) is 10.2 Å². The molecule has 0 aromatic carbocycles. The van der Waals surface area contributed by atoms with Gasteiger partial charge in [0, 0.05) is 0 Å². The fourth-order valence-corrected chi connectivity index (χ4v) is 3.59. The van der Waals surface area contributed by atoms with E-state index in [1.54, 1.807) is 0 Å². The summed E-state index contributed by atoms with van der Waals surface area (Å²) < 4.78 is 10.4. The van der Waals surface area contributed by atoms with E-state index in [9.17, 15) is 0 Å². The van der Waals surface area contributed by atoms with Crippen molar-refractivity contribution in [3.05, 3.63) is 0 Å². The van der Waals surface area contributed by atoms with Crippen LogP contribution in [0.3, 0.4) is 0 Å². The first-order valence-corrected chi connectivity index (χ1v) is 8.29. The van der Waals surface area contributed by atoms with Gasteiger partial charge in [-0.05, 0) is 25.7 Å². The number of azo groups is 1. The van der Waals surface area contributed by atoms with Crippen LogP contribution < -0.4 is 0 Å². The van der Waals surface area contributed by atoms with Crippen molar-refractivity contribution < 1.29 is 9.47 Å². The molecule has 2 N–H and O–H groups in total. The Morgan fingerprint density at radius 1 is 0.682 bits per heavy atom. The second kappa shape index (κ2) is 7.20. The van der Waals surface area contributed by atoms with Crippen LogP contribution in [0, 0.1) is 10.8 Å². The third-order valence-corrected chi connectivity index (χ3v) is 5.05. The Kier molecular flexibility index (Phi) is 5.53. The minimum absolute atomic E-state index is 0.200. The number of nitrogens with zero attached hydrogens (tertiary/aromatic N) is 2. The number of hydrogen-bond acceptors (Lipinski definition) is 6. The van der Waals surface area contributed by atoms with Crippen molar-refractivity contribution in [3.63, 3.8) is 0 Å². The molecule has 0 radical (unpaired) electrons. The van der Waals surface area contributed by atoms with E-state index in [2.05, 4.69) is 10.2 Å². The van der Waals surface area contributed by atoms with Gasteiger partial charge in [-0.25, -0.2) is 0 Å². The lowest BCUT2D eigenvalue weighted by atomic mass is 9.81. The van der Waals surface area contributed by atoms with Crippen molar-refractivity contribution >= 4 is 11.8 Å². The van der Waals surface area contributed by atoms with E-state index in [4.69, 9.17) is 20.3 Å². The van der Waals surface area contributed by atoms with Crippen LogP contribution in [0.25, 0.3) is 0 Å². The molecule has 2 aliphatic carbocycles. The number of rotatable bonds is 4. The lowest BCUT2D eigenvalue weighted by Crippen LogP contribution is -2.42. The van der Waals surface area contributed by atoms with E-state index < -0.39 is 11.1 Å². The number of nitrogens with one attached hydrogen (secondary N) is 2. The quantitative estimate of drug-likeness (QED) is 0.465. The highest BCUT2D eigenvalue weighted by atomic mass is 16.5. The Morgan fingerprint density at radius 2 is 1.00 bits per heavy atom. The Morgan fingerprint density at radius 3 is 1.27 bits per heavy atom. The van der Waals surface area contributed by atoms with Gasteiger partial charge in [-0.2, -0.15) is 10.2 Å². The highest BCUT2D eigenvalue weighted by Gasteiger charge is 2.42. The SMILES string of the molecule is COC(=N)C1(N=NC2(C(=N)OC)CCCCC2)CCCCC1. The topological polar surface area (TPSA) is 90.9 Å². The van der Waals surface area contributed by atoms with E-state index in [0.29, 0.717) is 0 Å². The van der Waals surface area contributed by atoms with E-state index in [-0.39, 0.29) is 11.8 Å². The van der Waals surface area contributed by atoms with Crippen LogP contribution in [0.4, 0.5) is 0 Å². The van der Waals surface area contributed by atoms with Crippen LogP contribution in [0.1, 0.15) is 64.2 Å². The van der Waals surface area contributed by atoms with Gasteiger partial charge in [0.15, 0.2) is 11.1 Å². The molecule has 0 unspecified atom stereocenters. The molecule has 0 heterocycles. The van der Waals surface area contributed by atoms with Crippen molar-refractivity contribution in [2.75, 3.05) is 14.2 Å². The predicted molar refractivity (Wildman–Crippen MR) is 86.0 cm³/mol. The lowest BCUT2D eigenvalue weighted by molar-refractivity contribution is 0.255. The summed E-state index contributed by atoms with van der Waals surface area (Å²) in [4.78, 5) is 0. The molecular formula is C16H28N4O2. The molecule has 0 bridgehead atoms. The van der Waals surface area contributed by atoms with Gasteiger partial charge in [0.1, 0.15) is 0 Å². The monoisotopic (exact) mass is 308 g/mol. The average Bonchev–Trinajstić information content (AvgIpc) is 2.60. The van der Waals surface area contributed by atoms with Crippen LogP contribution in [0.5, 0.6) is 0 Å². The van der Waals surface area contributed by atoms with Crippen molar-refractivity contribution in [1.82, 2.24) is 0 Å². The summed E-state index contributed by atoms with van der Waals surface area (Å²) in [5, 5.41) is 25.5. The fourth-order valence-electron chi connectivity index (χ4n) is 3.59. The van der Waals surface area contributed by atoms with Crippen molar-refractivity contribution in [2.45, 2.75) is 75.3 Å². The van der Waals surface area contributed by atoms with Gasteiger partial charge < -0.3 is 9.47 Å². The molecule has 0 atom stereocenters. The summed E-state index contributed by atoms with van der Waals surface area (Å²) in [6.45, 7) is 0. The van der Waals surface area contributed by atoms with E-state index in [1.807, 2.05) is 0 Å². The fraction of sp³-hybridized carbons (Fsp3) is 0.875. The molecule has 0 amide bonds. The summed E-state index contributed by atoms with van der Waals surface area (Å²) in [6.07, 6.45) is 9.73. The molecule has 0 aromatic rings. The van der Waals surface area contributed by atoms with Crippen LogP contribution in [-0.4, -0.2) is 37.1 Å². The average molecular weight is 308 g/mol. The molecule has 0 saturated heterocycles. The maximum atomic E-state index is 8.15. The summed E-state index contributed by atoms with van der Waals surface area (Å²) in [6, 6.07) is 0. The van der Waals surface area contributed by atoms with Crippen molar-refractivity contribution in [1.29, 1.82) is 10.8 Å². The minimum Gasteiger partial charge on any atom is -0.483 e. The zero-order valence-corrected chi connectivity index (χ0v) is 13.8. The molecular weight excluding hydrogens is 280 g/mol. The second-order valence-electron chi connectivity index (χ2n) is 6.45. The maximum Gasteiger partial charge on any atom is 0.210 e. The first-order chi connectivity index (χ1) is 10.6. The van der Waals surface area contributed by atoms with Gasteiger partial charge in [0.05, 0.1) is 14.2 Å². The minimum atomic E-state index is -0.633. The number of ether oxygens (including phenoxy) is 2. The third-order valence-electron chi connectivity index (χ3n) is 5.05. The zero-order chi connectivity index (χ0) is 16.1. The van der Waals surface area contributed by atoms with Gasteiger partial charge in [0.2, 0.25) is 11.8 Å².